The Labute approximate surface area is 170 Å². The molecule has 1 aromatic heterocycles. The summed E-state index contributed by atoms with van der Waals surface area (Å²) in [5.74, 6) is 3.44. The van der Waals surface area contributed by atoms with Gasteiger partial charge in [0.1, 0.15) is 11.6 Å². The monoisotopic (exact) mass is 397 g/mol. The standard InChI is InChI=1S/C21H27N5O3/c1-4-29-17-9-8-14(12-18(17)28-3)20(22)21-24-19(25-26-21)10-11-23-15-6-5-7-16(13-15)27-2/h5-9,12-13,20,23H,4,10-11,22H2,1-3H3,(H,24,25,26)/t20-/m0/s1. The van der Waals surface area contributed by atoms with Crippen LogP contribution >= 0.6 is 0 Å². The molecular formula is C21H27N5O3. The van der Waals surface area contributed by atoms with E-state index < -0.39 is 6.04 Å². The molecule has 0 unspecified atom stereocenters. The number of rotatable bonds is 10. The number of ether oxygens (including phenoxy) is 3. The van der Waals surface area contributed by atoms with Crippen molar-refractivity contribution in [2.45, 2.75) is 19.4 Å². The number of hydrogen-bond donors (Lipinski definition) is 3. The second kappa shape index (κ2) is 9.79. The highest BCUT2D eigenvalue weighted by molar-refractivity contribution is 5.48. The van der Waals surface area contributed by atoms with E-state index in [1.54, 1.807) is 14.2 Å². The molecule has 0 bridgehead atoms. The van der Waals surface area contributed by atoms with Crippen molar-refractivity contribution < 1.29 is 14.2 Å². The minimum absolute atomic E-state index is 0.462. The molecule has 0 saturated heterocycles. The van der Waals surface area contributed by atoms with Crippen LogP contribution in [0.4, 0.5) is 5.69 Å². The average molecular weight is 397 g/mol. The van der Waals surface area contributed by atoms with Gasteiger partial charge < -0.3 is 25.3 Å². The molecular weight excluding hydrogens is 370 g/mol. The molecule has 0 fully saturated rings. The quantitative estimate of drug-likeness (QED) is 0.483. The van der Waals surface area contributed by atoms with Crippen LogP contribution in [0, 0.1) is 0 Å². The van der Waals surface area contributed by atoms with Gasteiger partial charge in [0, 0.05) is 24.7 Å². The second-order valence-corrected chi connectivity index (χ2v) is 6.37. The number of benzene rings is 2. The smallest absolute Gasteiger partial charge is 0.171 e. The molecule has 2 aromatic carbocycles. The van der Waals surface area contributed by atoms with Gasteiger partial charge in [-0.2, -0.15) is 5.10 Å². The molecule has 8 heteroatoms. The molecule has 0 spiro atoms. The van der Waals surface area contributed by atoms with Crippen molar-refractivity contribution in [2.75, 3.05) is 32.7 Å². The van der Waals surface area contributed by atoms with Crippen LogP contribution in [0.2, 0.25) is 0 Å². The Morgan fingerprint density at radius 3 is 2.72 bits per heavy atom. The highest BCUT2D eigenvalue weighted by Crippen LogP contribution is 2.31. The predicted octanol–water partition coefficient (Wildman–Crippen LogP) is 2.92. The van der Waals surface area contributed by atoms with Crippen LogP contribution in [0.1, 0.15) is 30.2 Å². The highest BCUT2D eigenvalue weighted by Gasteiger charge is 2.17. The number of aromatic amines is 1. The Morgan fingerprint density at radius 1 is 1.10 bits per heavy atom. The Morgan fingerprint density at radius 2 is 1.97 bits per heavy atom. The number of H-pyrrole nitrogens is 1. The third kappa shape index (κ3) is 5.17. The van der Waals surface area contributed by atoms with Crippen molar-refractivity contribution in [3.05, 3.63) is 59.7 Å². The van der Waals surface area contributed by atoms with Crippen molar-refractivity contribution in [3.8, 4) is 17.2 Å². The highest BCUT2D eigenvalue weighted by atomic mass is 16.5. The summed E-state index contributed by atoms with van der Waals surface area (Å²) >= 11 is 0. The van der Waals surface area contributed by atoms with Gasteiger partial charge in [-0.05, 0) is 36.8 Å². The molecule has 0 aliphatic rings. The number of nitrogens with two attached hydrogens (primary N) is 1. The van der Waals surface area contributed by atoms with Gasteiger partial charge in [-0.25, -0.2) is 4.98 Å². The Kier molecular flexibility index (Phi) is 6.91. The third-order valence-electron chi connectivity index (χ3n) is 4.43. The number of nitrogens with zero attached hydrogens (tertiary/aromatic N) is 2. The van der Waals surface area contributed by atoms with Gasteiger partial charge in [0.2, 0.25) is 0 Å². The number of methoxy groups -OCH3 is 2. The van der Waals surface area contributed by atoms with Crippen LogP contribution in [-0.2, 0) is 6.42 Å². The molecule has 0 saturated carbocycles. The molecule has 0 radical (unpaired) electrons. The lowest BCUT2D eigenvalue weighted by atomic mass is 10.1. The molecule has 1 heterocycles. The maximum absolute atomic E-state index is 6.36. The second-order valence-electron chi connectivity index (χ2n) is 6.37. The first-order valence-corrected chi connectivity index (χ1v) is 9.50. The summed E-state index contributed by atoms with van der Waals surface area (Å²) < 4.78 is 16.2. The van der Waals surface area contributed by atoms with E-state index in [-0.39, 0.29) is 0 Å². The van der Waals surface area contributed by atoms with Gasteiger partial charge in [0.25, 0.3) is 0 Å². The van der Waals surface area contributed by atoms with E-state index in [4.69, 9.17) is 19.9 Å². The summed E-state index contributed by atoms with van der Waals surface area (Å²) in [6, 6.07) is 12.9. The summed E-state index contributed by atoms with van der Waals surface area (Å²) in [6.45, 7) is 3.20. The van der Waals surface area contributed by atoms with Crippen LogP contribution in [0.3, 0.4) is 0 Å². The minimum atomic E-state index is -0.462. The van der Waals surface area contributed by atoms with Crippen LogP contribution < -0.4 is 25.3 Å². The molecule has 154 valence electrons. The van der Waals surface area contributed by atoms with Crippen LogP contribution in [-0.4, -0.2) is 42.6 Å². The minimum Gasteiger partial charge on any atom is -0.497 e. The fraction of sp³-hybridized carbons (Fsp3) is 0.333. The first-order valence-electron chi connectivity index (χ1n) is 9.50. The normalized spacial score (nSPS) is 11.7. The van der Waals surface area contributed by atoms with E-state index in [1.165, 1.54) is 0 Å². The number of nitrogens with one attached hydrogen (secondary N) is 2. The van der Waals surface area contributed by atoms with Gasteiger partial charge in [-0.15, -0.1) is 0 Å². The van der Waals surface area contributed by atoms with Crippen molar-refractivity contribution in [1.29, 1.82) is 0 Å². The van der Waals surface area contributed by atoms with Gasteiger partial charge in [-0.3, -0.25) is 5.10 Å². The van der Waals surface area contributed by atoms with E-state index in [1.807, 2.05) is 49.4 Å². The maximum atomic E-state index is 6.36. The van der Waals surface area contributed by atoms with Gasteiger partial charge >= 0.3 is 0 Å². The first kappa shape index (κ1) is 20.5. The molecule has 4 N–H and O–H groups in total. The Hall–Kier alpha value is -3.26. The summed E-state index contributed by atoms with van der Waals surface area (Å²) in [5.41, 5.74) is 8.20. The van der Waals surface area contributed by atoms with Gasteiger partial charge in [0.15, 0.2) is 17.3 Å². The van der Waals surface area contributed by atoms with Gasteiger partial charge in [0.05, 0.1) is 26.9 Å². The summed E-state index contributed by atoms with van der Waals surface area (Å²) in [7, 11) is 3.26. The van der Waals surface area contributed by atoms with Crippen molar-refractivity contribution in [3.63, 3.8) is 0 Å². The van der Waals surface area contributed by atoms with Crippen molar-refractivity contribution >= 4 is 5.69 Å². The fourth-order valence-corrected chi connectivity index (χ4v) is 2.92. The summed E-state index contributed by atoms with van der Waals surface area (Å²) in [6.07, 6.45) is 0.684. The molecule has 0 amide bonds. The fourth-order valence-electron chi connectivity index (χ4n) is 2.92. The van der Waals surface area contributed by atoms with E-state index >= 15 is 0 Å². The molecule has 3 aromatic rings. The van der Waals surface area contributed by atoms with E-state index in [0.29, 0.717) is 36.9 Å². The lowest BCUT2D eigenvalue weighted by molar-refractivity contribution is 0.310. The SMILES string of the molecule is CCOc1ccc([C@H](N)c2n[nH]c(CCNc3cccc(OC)c3)n2)cc1OC. The predicted molar refractivity (Wildman–Crippen MR) is 112 cm³/mol. The maximum Gasteiger partial charge on any atom is 0.171 e. The van der Waals surface area contributed by atoms with Crippen molar-refractivity contribution in [2.24, 2.45) is 5.73 Å². The first-order chi connectivity index (χ1) is 14.1. The lowest BCUT2D eigenvalue weighted by Gasteiger charge is -2.13. The Bertz CT molecular complexity index is 928. The van der Waals surface area contributed by atoms with Crippen LogP contribution in [0.15, 0.2) is 42.5 Å². The molecule has 0 aliphatic carbocycles. The van der Waals surface area contributed by atoms with E-state index in [9.17, 15) is 0 Å². The zero-order chi connectivity index (χ0) is 20.6. The zero-order valence-electron chi connectivity index (χ0n) is 16.9. The molecule has 3 rings (SSSR count). The zero-order valence-corrected chi connectivity index (χ0v) is 16.9. The number of hydrogen-bond acceptors (Lipinski definition) is 7. The average Bonchev–Trinajstić information content (AvgIpc) is 3.23. The van der Waals surface area contributed by atoms with Crippen LogP contribution in [0.5, 0.6) is 17.2 Å². The summed E-state index contributed by atoms with van der Waals surface area (Å²) in [5, 5.41) is 10.6. The molecule has 1 atom stereocenters. The van der Waals surface area contributed by atoms with Crippen molar-refractivity contribution in [1.82, 2.24) is 15.2 Å². The molecule has 8 nitrogen and oxygen atoms in total. The number of aromatic nitrogens is 3. The molecule has 29 heavy (non-hydrogen) atoms. The third-order valence-corrected chi connectivity index (χ3v) is 4.43. The Balaban J connectivity index is 1.61. The van der Waals surface area contributed by atoms with Crippen LogP contribution in [0.25, 0.3) is 0 Å². The molecule has 0 aliphatic heterocycles. The lowest BCUT2D eigenvalue weighted by Crippen LogP contribution is -2.14. The largest absolute Gasteiger partial charge is 0.497 e. The van der Waals surface area contributed by atoms with E-state index in [0.717, 1.165) is 22.8 Å². The topological polar surface area (TPSA) is 107 Å². The summed E-state index contributed by atoms with van der Waals surface area (Å²) in [4.78, 5) is 4.54. The van der Waals surface area contributed by atoms with Gasteiger partial charge in [-0.1, -0.05) is 12.1 Å². The van der Waals surface area contributed by atoms with E-state index in [2.05, 4.69) is 20.5 Å². The number of anilines is 1.